The second-order valence-electron chi connectivity index (χ2n) is 13.9. The smallest absolute Gasteiger partial charge is 0.264 e. The van der Waals surface area contributed by atoms with Crippen LogP contribution in [0.2, 0.25) is 0 Å². The van der Waals surface area contributed by atoms with E-state index in [1.165, 1.54) is 13.8 Å². The number of likely N-dealkylation sites (tertiary alicyclic amines) is 1. The quantitative estimate of drug-likeness (QED) is 0.445. The fraction of sp³-hybridized carbons (Fsp3) is 0.543. The van der Waals surface area contributed by atoms with Crippen molar-refractivity contribution in [2.24, 2.45) is 11.8 Å². The van der Waals surface area contributed by atoms with Gasteiger partial charge in [-0.1, -0.05) is 19.1 Å². The molecule has 1 spiro atoms. The van der Waals surface area contributed by atoms with Gasteiger partial charge in [-0.3, -0.25) is 19.2 Å². The van der Waals surface area contributed by atoms with Gasteiger partial charge in [-0.15, -0.1) is 0 Å². The van der Waals surface area contributed by atoms with E-state index < -0.39 is 29.2 Å². The molecule has 5 aliphatic rings. The van der Waals surface area contributed by atoms with Crippen LogP contribution in [0.3, 0.4) is 0 Å². The number of anilines is 3. The molecule has 244 valence electrons. The number of alkyl halides is 1. The van der Waals surface area contributed by atoms with E-state index in [9.17, 15) is 24.3 Å². The largest absolute Gasteiger partial charge is 0.394 e. The highest BCUT2D eigenvalue weighted by atomic mass is 19.1. The van der Waals surface area contributed by atoms with Crippen LogP contribution in [0.1, 0.15) is 64.0 Å². The number of rotatable bonds is 8. The maximum atomic E-state index is 16.2. The highest BCUT2D eigenvalue weighted by molar-refractivity contribution is 6.09. The van der Waals surface area contributed by atoms with Crippen molar-refractivity contribution in [1.29, 1.82) is 0 Å². The van der Waals surface area contributed by atoms with Gasteiger partial charge in [0, 0.05) is 61.2 Å². The molecule has 10 nitrogen and oxygen atoms in total. The molecule has 5 heterocycles. The van der Waals surface area contributed by atoms with Gasteiger partial charge in [-0.05, 0) is 62.6 Å². The van der Waals surface area contributed by atoms with Crippen molar-refractivity contribution in [3.05, 3.63) is 53.6 Å². The third kappa shape index (κ3) is 4.73. The van der Waals surface area contributed by atoms with Gasteiger partial charge in [-0.2, -0.15) is 0 Å². The average Bonchev–Trinajstić information content (AvgIpc) is 3.67. The molecule has 46 heavy (non-hydrogen) atoms. The minimum Gasteiger partial charge on any atom is -0.394 e. The number of amides is 4. The van der Waals surface area contributed by atoms with Crippen molar-refractivity contribution < 1.29 is 33.4 Å². The minimum absolute atomic E-state index is 0.00775. The van der Waals surface area contributed by atoms with Crippen LogP contribution in [0.15, 0.2) is 42.5 Å². The van der Waals surface area contributed by atoms with Crippen LogP contribution < -0.4 is 14.7 Å². The molecule has 4 saturated heterocycles. The first kappa shape index (κ1) is 30.8. The van der Waals surface area contributed by atoms with Gasteiger partial charge < -0.3 is 29.4 Å². The maximum Gasteiger partial charge on any atom is 0.264 e. The van der Waals surface area contributed by atoms with Crippen LogP contribution in [-0.4, -0.2) is 77.7 Å². The zero-order valence-corrected chi connectivity index (χ0v) is 26.6. The number of hydrogen-bond donors (Lipinski definition) is 1. The van der Waals surface area contributed by atoms with Gasteiger partial charge in [0.05, 0.1) is 37.4 Å². The predicted octanol–water partition coefficient (Wildman–Crippen LogP) is 3.67. The molecule has 0 aromatic heterocycles. The number of fused-ring (bicyclic) bond motifs is 2. The van der Waals surface area contributed by atoms with E-state index in [-0.39, 0.29) is 49.2 Å². The summed E-state index contributed by atoms with van der Waals surface area (Å²) in [6, 6.07) is 12.7. The first-order chi connectivity index (χ1) is 21.9. The molecule has 1 N–H and O–H groups in total. The molecule has 0 bridgehead atoms. The lowest BCUT2D eigenvalue weighted by atomic mass is 9.71. The molecule has 2 aromatic carbocycles. The lowest BCUT2D eigenvalue weighted by molar-refractivity contribution is -0.150. The third-order valence-electron chi connectivity index (χ3n) is 10.8. The number of benzene rings is 2. The van der Waals surface area contributed by atoms with Gasteiger partial charge >= 0.3 is 0 Å². The van der Waals surface area contributed by atoms with Crippen LogP contribution in [0.4, 0.5) is 21.5 Å². The highest BCUT2D eigenvalue weighted by Crippen LogP contribution is 2.59. The number of nitrogens with zero attached hydrogens (tertiary/aromatic N) is 4. The standard InChI is InChI=1S/C35H41FN4O6/c1-21-32(34(2,3)36)28(18-31(44)37-14-4-5-25(37)20-41)46-35(21)26-17-24(39-16-13-30(39)43)10-11-27(26)40(33(35)45)19-22-6-8-23(9-7-22)38-15-12-29(38)42/h6-11,17,21,25,28,32,41H,4-5,12-16,18-20H2,1-3H3/t21-,25+,28+,32-,35+/m1/s1. The molecule has 0 unspecified atom stereocenters. The van der Waals surface area contributed by atoms with Crippen molar-refractivity contribution in [1.82, 2.24) is 4.90 Å². The lowest BCUT2D eigenvalue weighted by Gasteiger charge is -2.34. The van der Waals surface area contributed by atoms with Crippen molar-refractivity contribution >= 4 is 40.7 Å². The summed E-state index contributed by atoms with van der Waals surface area (Å²) >= 11 is 0. The molecule has 0 aliphatic carbocycles. The van der Waals surface area contributed by atoms with E-state index in [1.807, 2.05) is 49.4 Å². The number of halogens is 1. The molecule has 2 aromatic rings. The topological polar surface area (TPSA) is 111 Å². The summed E-state index contributed by atoms with van der Waals surface area (Å²) in [6.45, 7) is 6.63. The molecular formula is C35H41FN4O6. The zero-order chi connectivity index (χ0) is 32.5. The molecule has 0 saturated carbocycles. The Hall–Kier alpha value is -3.83. The van der Waals surface area contributed by atoms with E-state index in [4.69, 9.17) is 4.74 Å². The Morgan fingerprint density at radius 3 is 2.24 bits per heavy atom. The van der Waals surface area contributed by atoms with Crippen LogP contribution >= 0.6 is 0 Å². The zero-order valence-electron chi connectivity index (χ0n) is 26.6. The summed E-state index contributed by atoms with van der Waals surface area (Å²) < 4.78 is 23.0. The summed E-state index contributed by atoms with van der Waals surface area (Å²) in [4.78, 5) is 59.4. The van der Waals surface area contributed by atoms with Gasteiger partial charge in [0.2, 0.25) is 17.7 Å². The molecule has 5 atom stereocenters. The molecule has 5 aliphatic heterocycles. The number of aliphatic hydroxyl groups is 1. The molecular weight excluding hydrogens is 591 g/mol. The van der Waals surface area contributed by atoms with E-state index >= 15 is 4.39 Å². The number of carbonyl (C=O) groups is 4. The fourth-order valence-corrected chi connectivity index (χ4v) is 8.34. The van der Waals surface area contributed by atoms with Crippen molar-refractivity contribution in [2.45, 2.75) is 82.8 Å². The second kappa shape index (κ2) is 11.2. The Balaban J connectivity index is 1.26. The van der Waals surface area contributed by atoms with Crippen LogP contribution in [0.25, 0.3) is 0 Å². The number of ether oxygens (including phenoxy) is 1. The summed E-state index contributed by atoms with van der Waals surface area (Å²) in [7, 11) is 0. The SMILES string of the molecule is C[C@@H]1[C@@H](C(C)(C)F)[C@H](CC(=O)N2CCC[C@H]2CO)O[C@@]12C(=O)N(Cc1ccc(N3CCC3=O)cc1)c1ccc(N3CCC3=O)cc12. The third-order valence-corrected chi connectivity index (χ3v) is 10.8. The van der Waals surface area contributed by atoms with Crippen molar-refractivity contribution in [2.75, 3.05) is 40.9 Å². The molecule has 4 amide bonds. The molecule has 4 fully saturated rings. The summed E-state index contributed by atoms with van der Waals surface area (Å²) in [6.07, 6.45) is 1.49. The Labute approximate surface area is 268 Å². The van der Waals surface area contributed by atoms with Crippen molar-refractivity contribution in [3.8, 4) is 0 Å². The number of β-lactam (4-membered cyclic amide) rings is 2. The Kier molecular flexibility index (Phi) is 7.47. The number of hydrogen-bond acceptors (Lipinski definition) is 6. The monoisotopic (exact) mass is 632 g/mol. The Morgan fingerprint density at radius 2 is 1.65 bits per heavy atom. The van der Waals surface area contributed by atoms with Gasteiger partial charge in [-0.25, -0.2) is 4.39 Å². The number of aliphatic hydroxyl groups excluding tert-OH is 1. The Bertz CT molecular complexity index is 1590. The average molecular weight is 633 g/mol. The van der Waals surface area contributed by atoms with Gasteiger partial charge in [0.1, 0.15) is 5.67 Å². The first-order valence-electron chi connectivity index (χ1n) is 16.4. The minimum atomic E-state index is -1.78. The number of carbonyl (C=O) groups excluding carboxylic acids is 4. The molecule has 11 heteroatoms. The second-order valence-corrected chi connectivity index (χ2v) is 13.9. The van der Waals surface area contributed by atoms with Crippen LogP contribution in [0, 0.1) is 11.8 Å². The summed E-state index contributed by atoms with van der Waals surface area (Å²) in [5.74, 6) is -1.91. The van der Waals surface area contributed by atoms with Gasteiger partial charge in [0.15, 0.2) is 5.60 Å². The first-order valence-corrected chi connectivity index (χ1v) is 16.4. The van der Waals surface area contributed by atoms with Crippen LogP contribution in [0.5, 0.6) is 0 Å². The molecule has 7 rings (SSSR count). The van der Waals surface area contributed by atoms with E-state index in [1.54, 1.807) is 19.6 Å². The lowest BCUT2D eigenvalue weighted by Crippen LogP contribution is -2.46. The summed E-state index contributed by atoms with van der Waals surface area (Å²) in [5, 5.41) is 9.83. The normalized spacial score (nSPS) is 29.1. The van der Waals surface area contributed by atoms with Crippen molar-refractivity contribution in [3.63, 3.8) is 0 Å². The highest BCUT2D eigenvalue weighted by Gasteiger charge is 2.66. The van der Waals surface area contributed by atoms with E-state index in [2.05, 4.69) is 0 Å². The fourth-order valence-electron chi connectivity index (χ4n) is 8.34. The van der Waals surface area contributed by atoms with E-state index in [0.717, 1.165) is 17.7 Å². The van der Waals surface area contributed by atoms with Crippen LogP contribution in [-0.2, 0) is 36.1 Å². The Morgan fingerprint density at radius 1 is 1.00 bits per heavy atom. The predicted molar refractivity (Wildman–Crippen MR) is 169 cm³/mol. The van der Waals surface area contributed by atoms with E-state index in [0.29, 0.717) is 55.8 Å². The van der Waals surface area contributed by atoms with Gasteiger partial charge in [0.25, 0.3) is 5.91 Å². The summed E-state index contributed by atoms with van der Waals surface area (Å²) in [5.41, 5.74) is 0.160. The molecule has 0 radical (unpaired) electrons. The maximum absolute atomic E-state index is 16.2.